The second-order valence-electron chi connectivity index (χ2n) is 14.7. The first-order chi connectivity index (χ1) is 20.2. The van der Waals surface area contributed by atoms with Crippen molar-refractivity contribution in [1.29, 1.82) is 0 Å². The van der Waals surface area contributed by atoms with Gasteiger partial charge in [0.05, 0.1) is 49.3 Å². The highest BCUT2D eigenvalue weighted by Crippen LogP contribution is 2.37. The van der Waals surface area contributed by atoms with Crippen molar-refractivity contribution >= 4 is 0 Å². The molecule has 0 spiro atoms. The van der Waals surface area contributed by atoms with Crippen molar-refractivity contribution in [3.63, 3.8) is 0 Å². The summed E-state index contributed by atoms with van der Waals surface area (Å²) in [5.74, 6) is 2.34. The fourth-order valence-corrected chi connectivity index (χ4v) is 10.8. The monoisotopic (exact) mass is 570 g/mol. The molecule has 230 valence electrons. The predicted molar refractivity (Wildman–Crippen MR) is 158 cm³/mol. The van der Waals surface area contributed by atoms with Gasteiger partial charge in [-0.05, 0) is 84.6 Å². The van der Waals surface area contributed by atoms with Crippen molar-refractivity contribution in [1.82, 2.24) is 63.4 Å². The molecule has 9 heterocycles. The van der Waals surface area contributed by atoms with Crippen LogP contribution in [0.2, 0.25) is 0 Å². The second kappa shape index (κ2) is 10.8. The SMILES string of the molecule is CN1C2NC3NC(NC4NC(NC5NC(NC1C1NCCCC12)C1CCCNC51)C1CCCNC41)C1CCCNC31. The van der Waals surface area contributed by atoms with Crippen LogP contribution in [0.25, 0.3) is 0 Å². The van der Waals surface area contributed by atoms with Crippen molar-refractivity contribution < 1.29 is 0 Å². The summed E-state index contributed by atoms with van der Waals surface area (Å²) in [5, 5.41) is 44.8. The number of hydrogen-bond donors (Lipinski definition) is 11. The fourth-order valence-electron chi connectivity index (χ4n) is 10.8. The highest BCUT2D eigenvalue weighted by atomic mass is 15.5. The lowest BCUT2D eigenvalue weighted by Gasteiger charge is -2.37. The summed E-state index contributed by atoms with van der Waals surface area (Å²) < 4.78 is 0. The molecule has 16 unspecified atom stereocenters. The number of likely N-dealkylation sites (N-methyl/N-ethyl adjacent to an activating group) is 1. The van der Waals surface area contributed by atoms with E-state index in [-0.39, 0.29) is 30.8 Å². The van der Waals surface area contributed by atoms with Crippen LogP contribution in [0.1, 0.15) is 51.4 Å². The van der Waals surface area contributed by atoms with Crippen molar-refractivity contribution in [3.05, 3.63) is 0 Å². The molecule has 12 nitrogen and oxygen atoms in total. The van der Waals surface area contributed by atoms with Crippen LogP contribution in [-0.2, 0) is 0 Å². The van der Waals surface area contributed by atoms with Crippen LogP contribution in [0.4, 0.5) is 0 Å². The van der Waals surface area contributed by atoms with Gasteiger partial charge in [0.2, 0.25) is 0 Å². The lowest BCUT2D eigenvalue weighted by molar-refractivity contribution is 0.123. The first-order valence-electron chi connectivity index (χ1n) is 17.2. The van der Waals surface area contributed by atoms with E-state index in [0.29, 0.717) is 66.3 Å². The Morgan fingerprint density at radius 3 is 1.24 bits per heavy atom. The molecule has 0 aromatic rings. The molecule has 16 atom stereocenters. The number of piperidine rings is 4. The highest BCUT2D eigenvalue weighted by molar-refractivity contribution is 5.12. The van der Waals surface area contributed by atoms with E-state index < -0.39 is 0 Å². The Hall–Kier alpha value is -0.480. The van der Waals surface area contributed by atoms with Gasteiger partial charge in [-0.25, -0.2) is 0 Å². The molecule has 9 fully saturated rings. The Bertz CT molecular complexity index is 883. The van der Waals surface area contributed by atoms with E-state index in [1.807, 2.05) is 0 Å². The van der Waals surface area contributed by atoms with Crippen LogP contribution >= 0.6 is 0 Å². The molecule has 11 N–H and O–H groups in total. The lowest BCUT2D eigenvalue weighted by atomic mass is 9.87. The van der Waals surface area contributed by atoms with E-state index in [2.05, 4.69) is 70.4 Å². The first-order valence-corrected chi connectivity index (χ1v) is 17.2. The van der Waals surface area contributed by atoms with E-state index in [4.69, 9.17) is 0 Å². The summed E-state index contributed by atoms with van der Waals surface area (Å²) in [5.41, 5.74) is 0. The summed E-state index contributed by atoms with van der Waals surface area (Å²) in [6.45, 7) is 4.49. The molecule has 12 heteroatoms. The zero-order valence-electron chi connectivity index (χ0n) is 24.7. The molecule has 0 radical (unpaired) electrons. The molecule has 0 saturated carbocycles. The van der Waals surface area contributed by atoms with Crippen molar-refractivity contribution in [2.45, 2.75) is 125 Å². The van der Waals surface area contributed by atoms with Crippen LogP contribution < -0.4 is 58.5 Å². The zero-order valence-corrected chi connectivity index (χ0v) is 24.7. The topological polar surface area (TPSA) is 136 Å². The van der Waals surface area contributed by atoms with Crippen LogP contribution in [0, 0.1) is 23.7 Å². The van der Waals surface area contributed by atoms with Crippen molar-refractivity contribution in [3.8, 4) is 0 Å². The van der Waals surface area contributed by atoms with Gasteiger partial charge in [0.1, 0.15) is 0 Å². The van der Waals surface area contributed by atoms with Crippen molar-refractivity contribution in [2.75, 3.05) is 33.2 Å². The summed E-state index contributed by atoms with van der Waals surface area (Å²) in [7, 11) is 2.36. The first kappa shape index (κ1) is 26.9. The average molecular weight is 571 g/mol. The predicted octanol–water partition coefficient (Wildman–Crippen LogP) is -2.80. The zero-order chi connectivity index (χ0) is 27.1. The lowest BCUT2D eigenvalue weighted by Crippen LogP contribution is -2.63. The Labute approximate surface area is 245 Å². The number of nitrogens with zero attached hydrogens (tertiary/aromatic N) is 1. The molecule has 9 saturated heterocycles. The molecule has 9 aliphatic rings. The summed E-state index contributed by atoms with van der Waals surface area (Å²) in [4.78, 5) is 2.64. The molecule has 41 heavy (non-hydrogen) atoms. The molecule has 8 bridgehead atoms. The molecule has 0 aliphatic carbocycles. The largest absolute Gasteiger partial charge is 0.311 e. The molecular weight excluding hydrogens is 516 g/mol. The van der Waals surface area contributed by atoms with Gasteiger partial charge < -0.3 is 21.3 Å². The van der Waals surface area contributed by atoms with Crippen LogP contribution in [0.15, 0.2) is 0 Å². The maximum Gasteiger partial charge on any atom is 0.0781 e. The molecule has 0 aromatic carbocycles. The number of rotatable bonds is 0. The Morgan fingerprint density at radius 1 is 0.390 bits per heavy atom. The van der Waals surface area contributed by atoms with E-state index in [0.717, 1.165) is 26.2 Å². The molecule has 0 amide bonds. The smallest absolute Gasteiger partial charge is 0.0781 e. The Kier molecular flexibility index (Phi) is 7.11. The van der Waals surface area contributed by atoms with Gasteiger partial charge >= 0.3 is 0 Å². The molecule has 9 aliphatic heterocycles. The molecular formula is C29H54N12. The number of hydrogen-bond acceptors (Lipinski definition) is 12. The van der Waals surface area contributed by atoms with Gasteiger partial charge in [0.25, 0.3) is 0 Å². The third-order valence-electron chi connectivity index (χ3n) is 12.7. The quantitative estimate of drug-likeness (QED) is 0.147. The van der Waals surface area contributed by atoms with Crippen LogP contribution in [-0.4, -0.2) is 112 Å². The molecule has 9 rings (SSSR count). The second-order valence-corrected chi connectivity index (χ2v) is 14.7. The fraction of sp³-hybridized carbons (Fsp3) is 1.00. The number of fused-ring (bicyclic) bond motifs is 20. The summed E-state index contributed by atoms with van der Waals surface area (Å²) in [6, 6.07) is 1.80. The van der Waals surface area contributed by atoms with E-state index in [9.17, 15) is 0 Å². The van der Waals surface area contributed by atoms with Gasteiger partial charge in [0.15, 0.2) is 0 Å². The third-order valence-corrected chi connectivity index (χ3v) is 12.7. The molecule has 0 aromatic heterocycles. The minimum absolute atomic E-state index is 0.250. The van der Waals surface area contributed by atoms with Gasteiger partial charge in [-0.3, -0.25) is 42.1 Å². The third kappa shape index (κ3) is 4.47. The standard InChI is InChI=1S/C29H54N12/c1-41-28-17-9-5-13-33-21(17)29(41)39-24-16-8-4-11-31-19(16)26(38-24)35-22-14-6-2-10-30-18(14)25(34-22)36-23-15-7-3-12-32-20(15)27(37-23)40-28/h14-40H,2-13H2,1H3. The highest BCUT2D eigenvalue weighted by Gasteiger charge is 2.55. The number of nitrogens with one attached hydrogen (secondary N) is 11. The minimum Gasteiger partial charge on any atom is -0.311 e. The Morgan fingerprint density at radius 2 is 0.756 bits per heavy atom. The summed E-state index contributed by atoms with van der Waals surface area (Å²) in [6.07, 6.45) is 12.4. The maximum atomic E-state index is 4.22. The van der Waals surface area contributed by atoms with Gasteiger partial charge in [-0.2, -0.15) is 0 Å². The summed E-state index contributed by atoms with van der Waals surface area (Å²) >= 11 is 0. The van der Waals surface area contributed by atoms with E-state index in [1.165, 1.54) is 51.4 Å². The van der Waals surface area contributed by atoms with Crippen LogP contribution in [0.3, 0.4) is 0 Å². The van der Waals surface area contributed by atoms with E-state index >= 15 is 0 Å². The van der Waals surface area contributed by atoms with Gasteiger partial charge in [-0.15, -0.1) is 0 Å². The van der Waals surface area contributed by atoms with Crippen molar-refractivity contribution in [2.24, 2.45) is 23.7 Å². The van der Waals surface area contributed by atoms with Gasteiger partial charge in [0, 0.05) is 47.8 Å². The van der Waals surface area contributed by atoms with E-state index in [1.54, 1.807) is 0 Å². The normalized spacial score (nSPS) is 57.0. The average Bonchev–Trinajstić information content (AvgIpc) is 3.72. The van der Waals surface area contributed by atoms with Gasteiger partial charge in [-0.1, -0.05) is 0 Å². The minimum atomic E-state index is 0.250. The maximum absolute atomic E-state index is 4.22. The Balaban J connectivity index is 1.07. The van der Waals surface area contributed by atoms with Crippen LogP contribution in [0.5, 0.6) is 0 Å².